The van der Waals surface area contributed by atoms with E-state index in [9.17, 15) is 18.0 Å². The van der Waals surface area contributed by atoms with E-state index in [1.807, 2.05) is 0 Å². The van der Waals surface area contributed by atoms with Crippen LogP contribution in [0.1, 0.15) is 41.6 Å². The van der Waals surface area contributed by atoms with Crippen LogP contribution in [0.4, 0.5) is 30.6 Å². The maximum Gasteiger partial charge on any atom is 0.421 e. The van der Waals surface area contributed by atoms with Gasteiger partial charge in [0.1, 0.15) is 11.4 Å². The van der Waals surface area contributed by atoms with E-state index in [0.717, 1.165) is 19.0 Å². The maximum absolute atomic E-state index is 13.4. The van der Waals surface area contributed by atoms with E-state index >= 15 is 0 Å². The van der Waals surface area contributed by atoms with Gasteiger partial charge in [-0.3, -0.25) is 4.79 Å². The van der Waals surface area contributed by atoms with Crippen LogP contribution in [-0.2, 0) is 6.18 Å². The molecule has 2 aromatic rings. The topological polar surface area (TPSA) is 96.2 Å². The lowest BCUT2D eigenvalue weighted by atomic mass is 9.92. The summed E-state index contributed by atoms with van der Waals surface area (Å²) in [6, 6.07) is 6.51. The van der Waals surface area contributed by atoms with Gasteiger partial charge >= 0.3 is 6.18 Å². The molecule has 1 amide bonds. The number of benzene rings is 1. The molecular weight excluding hydrogens is 397 g/mol. The molecule has 4 N–H and O–H groups in total. The summed E-state index contributed by atoms with van der Waals surface area (Å²) in [7, 11) is 3.30. The zero-order valence-electron chi connectivity index (χ0n) is 16.8. The molecule has 1 aliphatic rings. The Morgan fingerprint density at radius 2 is 1.77 bits per heavy atom. The number of amides is 1. The molecule has 1 heterocycles. The first kappa shape index (κ1) is 21.8. The van der Waals surface area contributed by atoms with E-state index in [1.165, 1.54) is 4.90 Å². The third-order valence-electron chi connectivity index (χ3n) is 5.00. The van der Waals surface area contributed by atoms with Crippen LogP contribution in [0, 0.1) is 0 Å². The highest BCUT2D eigenvalue weighted by Gasteiger charge is 2.36. The van der Waals surface area contributed by atoms with Crippen molar-refractivity contribution >= 4 is 23.4 Å². The number of hydrogen-bond acceptors (Lipinski definition) is 6. The highest BCUT2D eigenvalue weighted by atomic mass is 19.4. The molecule has 0 bridgehead atoms. The predicted molar refractivity (Wildman–Crippen MR) is 109 cm³/mol. The summed E-state index contributed by atoms with van der Waals surface area (Å²) in [5.41, 5.74) is 6.02. The van der Waals surface area contributed by atoms with Gasteiger partial charge in [-0.05, 0) is 49.9 Å². The van der Waals surface area contributed by atoms with Gasteiger partial charge < -0.3 is 21.3 Å². The van der Waals surface area contributed by atoms with Crippen molar-refractivity contribution in [2.24, 2.45) is 5.73 Å². The Balaban J connectivity index is 1.79. The van der Waals surface area contributed by atoms with Crippen molar-refractivity contribution in [3.63, 3.8) is 0 Å². The van der Waals surface area contributed by atoms with Crippen molar-refractivity contribution in [1.29, 1.82) is 0 Å². The van der Waals surface area contributed by atoms with Crippen molar-refractivity contribution in [3.8, 4) is 0 Å². The van der Waals surface area contributed by atoms with Crippen LogP contribution in [0.2, 0.25) is 0 Å². The number of aromatic nitrogens is 2. The van der Waals surface area contributed by atoms with Crippen molar-refractivity contribution in [2.75, 3.05) is 24.7 Å². The van der Waals surface area contributed by atoms with Gasteiger partial charge in [-0.1, -0.05) is 0 Å². The number of hydrogen-bond donors (Lipinski definition) is 3. The Morgan fingerprint density at radius 1 is 1.13 bits per heavy atom. The summed E-state index contributed by atoms with van der Waals surface area (Å²) in [5, 5.41) is 5.81. The number of nitrogens with one attached hydrogen (secondary N) is 2. The molecule has 1 fully saturated rings. The third-order valence-corrected chi connectivity index (χ3v) is 5.00. The van der Waals surface area contributed by atoms with Crippen LogP contribution < -0.4 is 16.4 Å². The first-order valence-corrected chi connectivity index (χ1v) is 9.68. The van der Waals surface area contributed by atoms with Crippen LogP contribution in [0.3, 0.4) is 0 Å². The number of anilines is 3. The van der Waals surface area contributed by atoms with Crippen LogP contribution in [0.15, 0.2) is 30.5 Å². The second-order valence-corrected chi connectivity index (χ2v) is 7.61. The van der Waals surface area contributed by atoms with Crippen molar-refractivity contribution in [3.05, 3.63) is 41.6 Å². The van der Waals surface area contributed by atoms with E-state index in [2.05, 4.69) is 20.6 Å². The number of alkyl halides is 3. The molecule has 1 saturated carbocycles. The summed E-state index contributed by atoms with van der Waals surface area (Å²) in [4.78, 5) is 21.3. The fourth-order valence-electron chi connectivity index (χ4n) is 3.30. The van der Waals surface area contributed by atoms with Crippen LogP contribution in [-0.4, -0.2) is 47.0 Å². The molecule has 1 aliphatic carbocycles. The molecule has 10 heteroatoms. The summed E-state index contributed by atoms with van der Waals surface area (Å²) in [5.74, 6) is -0.365. The van der Waals surface area contributed by atoms with Crippen LogP contribution in [0.5, 0.6) is 0 Å². The fourth-order valence-corrected chi connectivity index (χ4v) is 3.30. The van der Waals surface area contributed by atoms with Gasteiger partial charge in [0.2, 0.25) is 5.95 Å². The molecule has 3 rings (SSSR count). The lowest BCUT2D eigenvalue weighted by Gasteiger charge is -2.28. The molecule has 162 valence electrons. The number of halogens is 3. The Labute approximate surface area is 172 Å². The molecule has 0 atom stereocenters. The number of carbonyl (C=O) groups is 1. The first-order chi connectivity index (χ1) is 14.1. The van der Waals surface area contributed by atoms with E-state index in [-0.39, 0.29) is 29.8 Å². The van der Waals surface area contributed by atoms with E-state index in [4.69, 9.17) is 5.73 Å². The first-order valence-electron chi connectivity index (χ1n) is 9.68. The molecular formula is C20H25F3N6O. The molecule has 1 aromatic carbocycles. The minimum Gasteiger partial charge on any atom is -0.367 e. The molecule has 0 spiro atoms. The van der Waals surface area contributed by atoms with Crippen molar-refractivity contribution in [2.45, 2.75) is 43.9 Å². The molecule has 0 aliphatic heterocycles. The zero-order valence-corrected chi connectivity index (χ0v) is 16.8. The van der Waals surface area contributed by atoms with Gasteiger partial charge in [-0.25, -0.2) is 4.98 Å². The molecule has 0 saturated heterocycles. The molecule has 0 unspecified atom stereocenters. The average molecular weight is 422 g/mol. The second kappa shape index (κ2) is 8.86. The highest BCUT2D eigenvalue weighted by Crippen LogP contribution is 2.35. The normalized spacial score (nSPS) is 19.3. The highest BCUT2D eigenvalue weighted by molar-refractivity contribution is 5.94. The van der Waals surface area contributed by atoms with Gasteiger partial charge in [0.15, 0.2) is 0 Å². The Morgan fingerprint density at radius 3 is 2.33 bits per heavy atom. The summed E-state index contributed by atoms with van der Waals surface area (Å²) < 4.78 is 40.2. The monoisotopic (exact) mass is 422 g/mol. The molecule has 1 aromatic heterocycles. The zero-order chi connectivity index (χ0) is 21.9. The minimum absolute atomic E-state index is 0.0321. The maximum atomic E-state index is 13.4. The third kappa shape index (κ3) is 5.38. The summed E-state index contributed by atoms with van der Waals surface area (Å²) in [6.45, 7) is 0. The second-order valence-electron chi connectivity index (χ2n) is 7.61. The number of carbonyl (C=O) groups excluding carboxylic acids is 1. The van der Waals surface area contributed by atoms with E-state index in [1.54, 1.807) is 38.4 Å². The van der Waals surface area contributed by atoms with Gasteiger partial charge in [-0.15, -0.1) is 0 Å². The predicted octanol–water partition coefficient (Wildman–Crippen LogP) is 3.62. The lowest BCUT2D eigenvalue weighted by molar-refractivity contribution is -0.137. The lowest BCUT2D eigenvalue weighted by Crippen LogP contribution is -2.33. The van der Waals surface area contributed by atoms with Gasteiger partial charge in [0.25, 0.3) is 5.91 Å². The standard InChI is InChI=1S/C20H25F3N6O/c1-29(2)18(30)12-3-7-15(8-4-12)27-19-25-11-16(20(21,22)23)17(28-19)26-14-9-5-13(24)6-10-14/h3-4,7-8,11,13-14H,5-6,9-10,24H2,1-2H3,(H2,25,26,27,28). The molecule has 7 nitrogen and oxygen atoms in total. The van der Waals surface area contributed by atoms with Gasteiger partial charge in [0, 0.05) is 43.6 Å². The number of rotatable bonds is 5. The SMILES string of the molecule is CN(C)C(=O)c1ccc(Nc2ncc(C(F)(F)F)c(NC3CCC(N)CC3)n2)cc1. The fraction of sp³-hybridized carbons (Fsp3) is 0.450. The largest absolute Gasteiger partial charge is 0.421 e. The Hall–Kier alpha value is -2.88. The average Bonchev–Trinajstić information content (AvgIpc) is 2.69. The van der Waals surface area contributed by atoms with Crippen molar-refractivity contribution in [1.82, 2.24) is 14.9 Å². The van der Waals surface area contributed by atoms with Crippen molar-refractivity contribution < 1.29 is 18.0 Å². The summed E-state index contributed by atoms with van der Waals surface area (Å²) >= 11 is 0. The molecule has 0 radical (unpaired) electrons. The number of nitrogens with zero attached hydrogens (tertiary/aromatic N) is 3. The Kier molecular flexibility index (Phi) is 6.45. The van der Waals surface area contributed by atoms with Gasteiger partial charge in [0.05, 0.1) is 0 Å². The summed E-state index contributed by atoms with van der Waals surface area (Å²) in [6.07, 6.45) is -0.907. The molecule has 30 heavy (non-hydrogen) atoms. The minimum atomic E-state index is -4.57. The van der Waals surface area contributed by atoms with E-state index in [0.29, 0.717) is 24.1 Å². The van der Waals surface area contributed by atoms with Gasteiger partial charge in [-0.2, -0.15) is 18.2 Å². The Bertz CT molecular complexity index is 877. The van der Waals surface area contributed by atoms with E-state index < -0.39 is 11.7 Å². The van der Waals surface area contributed by atoms with Crippen LogP contribution >= 0.6 is 0 Å². The number of nitrogens with two attached hydrogens (primary N) is 1. The van der Waals surface area contributed by atoms with Crippen LogP contribution in [0.25, 0.3) is 0 Å². The quantitative estimate of drug-likeness (QED) is 0.681. The smallest absolute Gasteiger partial charge is 0.367 e.